The van der Waals surface area contributed by atoms with E-state index in [1.54, 1.807) is 12.0 Å². The normalized spacial score (nSPS) is 18.4. The predicted molar refractivity (Wildman–Crippen MR) is 101 cm³/mol. The lowest BCUT2D eigenvalue weighted by Crippen LogP contribution is -2.36. The Morgan fingerprint density at radius 1 is 1.28 bits per heavy atom. The number of nitrogens with one attached hydrogen (secondary N) is 2. The third-order valence-electron chi connectivity index (χ3n) is 4.77. The van der Waals surface area contributed by atoms with E-state index < -0.39 is 0 Å². The molecule has 0 saturated carbocycles. The first-order valence-electron chi connectivity index (χ1n) is 8.69. The Balaban J connectivity index is 0.00000225. The summed E-state index contributed by atoms with van der Waals surface area (Å²) in [5.41, 5.74) is 1.46. The Kier molecular flexibility index (Phi) is 7.08. The number of rotatable bonds is 4. The van der Waals surface area contributed by atoms with Gasteiger partial charge in [0, 0.05) is 24.6 Å². The number of hydrogen-bond donors (Lipinski definition) is 2. The van der Waals surface area contributed by atoms with Gasteiger partial charge >= 0.3 is 0 Å². The molecular formula is C18H26ClN3O3. The summed E-state index contributed by atoms with van der Waals surface area (Å²) < 4.78 is 5.41. The smallest absolute Gasteiger partial charge is 0.227 e. The van der Waals surface area contributed by atoms with Crippen molar-refractivity contribution in [1.82, 2.24) is 5.32 Å². The summed E-state index contributed by atoms with van der Waals surface area (Å²) in [5.74, 6) is 0.873. The molecule has 2 aliphatic rings. The van der Waals surface area contributed by atoms with Crippen molar-refractivity contribution in [3.63, 3.8) is 0 Å². The molecule has 3 rings (SSSR count). The molecule has 2 fully saturated rings. The Morgan fingerprint density at radius 3 is 2.72 bits per heavy atom. The van der Waals surface area contributed by atoms with Crippen LogP contribution in [0.15, 0.2) is 18.2 Å². The average molecular weight is 368 g/mol. The molecule has 0 unspecified atom stereocenters. The first-order valence-corrected chi connectivity index (χ1v) is 8.69. The molecule has 1 aromatic carbocycles. The number of benzene rings is 1. The Hall–Kier alpha value is -1.79. The minimum absolute atomic E-state index is 0. The number of carbonyl (C=O) groups excluding carboxylic acids is 2. The molecule has 6 nitrogen and oxygen atoms in total. The molecule has 2 amide bonds. The number of anilines is 2. The van der Waals surface area contributed by atoms with E-state index in [1.807, 2.05) is 18.2 Å². The molecule has 0 aliphatic carbocycles. The molecule has 0 aromatic heterocycles. The van der Waals surface area contributed by atoms with E-state index in [-0.39, 0.29) is 30.1 Å². The van der Waals surface area contributed by atoms with Crippen molar-refractivity contribution in [2.75, 3.05) is 37.0 Å². The highest BCUT2D eigenvalue weighted by Gasteiger charge is 2.24. The van der Waals surface area contributed by atoms with Crippen LogP contribution in [0.4, 0.5) is 11.4 Å². The van der Waals surface area contributed by atoms with Gasteiger partial charge in [-0.15, -0.1) is 12.4 Å². The maximum absolute atomic E-state index is 12.4. The van der Waals surface area contributed by atoms with Crippen molar-refractivity contribution in [1.29, 1.82) is 0 Å². The summed E-state index contributed by atoms with van der Waals surface area (Å²) in [6, 6.07) is 5.49. The molecule has 7 heteroatoms. The number of carbonyl (C=O) groups is 2. The van der Waals surface area contributed by atoms with E-state index in [2.05, 4.69) is 10.6 Å². The Bertz CT molecular complexity index is 618. The first kappa shape index (κ1) is 19.5. The standard InChI is InChI=1S/C18H25N3O3.ClH/c1-24-16-6-5-14(20-18(23)13-7-9-19-10-8-13)12-15(16)21-11-3-2-4-17(21)22;/h5-6,12-13,19H,2-4,7-11H2,1H3,(H,20,23);1H. The SMILES string of the molecule is COc1ccc(NC(=O)C2CCNCC2)cc1N1CCCCC1=O.Cl. The molecule has 0 bridgehead atoms. The van der Waals surface area contributed by atoms with Crippen LogP contribution in [0, 0.1) is 5.92 Å². The van der Waals surface area contributed by atoms with E-state index in [0.717, 1.165) is 44.5 Å². The number of ether oxygens (including phenoxy) is 1. The lowest BCUT2D eigenvalue weighted by atomic mass is 9.97. The van der Waals surface area contributed by atoms with Crippen LogP contribution < -0.4 is 20.3 Å². The average Bonchev–Trinajstić information content (AvgIpc) is 2.63. The summed E-state index contributed by atoms with van der Waals surface area (Å²) in [4.78, 5) is 26.4. The third kappa shape index (κ3) is 4.64. The second-order valence-corrected chi connectivity index (χ2v) is 6.40. The number of amides is 2. The van der Waals surface area contributed by atoms with E-state index >= 15 is 0 Å². The third-order valence-corrected chi connectivity index (χ3v) is 4.77. The highest BCUT2D eigenvalue weighted by molar-refractivity contribution is 5.98. The fraction of sp³-hybridized carbons (Fsp3) is 0.556. The molecule has 0 radical (unpaired) electrons. The van der Waals surface area contributed by atoms with Crippen molar-refractivity contribution in [3.8, 4) is 5.75 Å². The van der Waals surface area contributed by atoms with Crippen molar-refractivity contribution in [2.45, 2.75) is 32.1 Å². The van der Waals surface area contributed by atoms with E-state index in [1.165, 1.54) is 0 Å². The van der Waals surface area contributed by atoms with Crippen LogP contribution in [0.1, 0.15) is 32.1 Å². The van der Waals surface area contributed by atoms with Gasteiger partial charge in [0.1, 0.15) is 5.75 Å². The van der Waals surface area contributed by atoms with Crippen molar-refractivity contribution in [3.05, 3.63) is 18.2 Å². The second kappa shape index (κ2) is 9.06. The highest BCUT2D eigenvalue weighted by atomic mass is 35.5. The minimum atomic E-state index is 0. The van der Waals surface area contributed by atoms with Crippen LogP contribution in [-0.4, -0.2) is 38.6 Å². The molecule has 2 saturated heterocycles. The van der Waals surface area contributed by atoms with Gasteiger partial charge in [0.15, 0.2) is 0 Å². The topological polar surface area (TPSA) is 70.7 Å². The van der Waals surface area contributed by atoms with Gasteiger partial charge in [-0.2, -0.15) is 0 Å². The zero-order chi connectivity index (χ0) is 16.9. The number of halogens is 1. The molecule has 2 N–H and O–H groups in total. The number of hydrogen-bond acceptors (Lipinski definition) is 4. The lowest BCUT2D eigenvalue weighted by Gasteiger charge is -2.28. The van der Waals surface area contributed by atoms with Gasteiger partial charge in [-0.3, -0.25) is 9.59 Å². The zero-order valence-corrected chi connectivity index (χ0v) is 15.4. The maximum Gasteiger partial charge on any atom is 0.227 e. The molecule has 0 atom stereocenters. The Morgan fingerprint density at radius 2 is 2.04 bits per heavy atom. The first-order chi connectivity index (χ1) is 11.7. The number of piperidine rings is 2. The van der Waals surface area contributed by atoms with Crippen LogP contribution >= 0.6 is 12.4 Å². The van der Waals surface area contributed by atoms with Crippen molar-refractivity contribution >= 4 is 35.6 Å². The van der Waals surface area contributed by atoms with E-state index in [4.69, 9.17) is 4.74 Å². The quantitative estimate of drug-likeness (QED) is 0.858. The van der Waals surface area contributed by atoms with Crippen LogP contribution in [-0.2, 0) is 9.59 Å². The van der Waals surface area contributed by atoms with Gasteiger partial charge in [0.05, 0.1) is 12.8 Å². The predicted octanol–water partition coefficient (Wildman–Crippen LogP) is 2.57. The van der Waals surface area contributed by atoms with Gasteiger partial charge in [-0.25, -0.2) is 0 Å². The Labute approximate surface area is 154 Å². The molecule has 25 heavy (non-hydrogen) atoms. The molecule has 1 aromatic rings. The lowest BCUT2D eigenvalue weighted by molar-refractivity contribution is -0.120. The largest absolute Gasteiger partial charge is 0.495 e. The maximum atomic E-state index is 12.4. The van der Waals surface area contributed by atoms with Crippen LogP contribution in [0.5, 0.6) is 5.75 Å². The second-order valence-electron chi connectivity index (χ2n) is 6.40. The van der Waals surface area contributed by atoms with E-state index in [0.29, 0.717) is 24.4 Å². The van der Waals surface area contributed by atoms with Crippen molar-refractivity contribution < 1.29 is 14.3 Å². The summed E-state index contributed by atoms with van der Waals surface area (Å²) in [7, 11) is 1.60. The molecule has 138 valence electrons. The van der Waals surface area contributed by atoms with E-state index in [9.17, 15) is 9.59 Å². The van der Waals surface area contributed by atoms with Gasteiger partial charge in [0.2, 0.25) is 11.8 Å². The fourth-order valence-corrected chi connectivity index (χ4v) is 3.37. The molecular weight excluding hydrogens is 342 g/mol. The summed E-state index contributed by atoms with van der Waals surface area (Å²) >= 11 is 0. The molecule has 2 heterocycles. The van der Waals surface area contributed by atoms with Gasteiger partial charge in [-0.05, 0) is 57.0 Å². The highest BCUT2D eigenvalue weighted by Crippen LogP contribution is 2.33. The van der Waals surface area contributed by atoms with Gasteiger partial charge in [0.25, 0.3) is 0 Å². The summed E-state index contributed by atoms with van der Waals surface area (Å²) in [6.07, 6.45) is 4.21. The van der Waals surface area contributed by atoms with Gasteiger partial charge < -0.3 is 20.3 Å². The molecule has 0 spiro atoms. The number of nitrogens with zero attached hydrogens (tertiary/aromatic N) is 1. The van der Waals surface area contributed by atoms with Gasteiger partial charge in [-0.1, -0.05) is 0 Å². The van der Waals surface area contributed by atoms with Crippen LogP contribution in [0.25, 0.3) is 0 Å². The van der Waals surface area contributed by atoms with Crippen LogP contribution in [0.3, 0.4) is 0 Å². The van der Waals surface area contributed by atoms with Crippen molar-refractivity contribution in [2.24, 2.45) is 5.92 Å². The summed E-state index contributed by atoms with van der Waals surface area (Å²) in [6.45, 7) is 2.46. The number of methoxy groups -OCH3 is 1. The fourth-order valence-electron chi connectivity index (χ4n) is 3.37. The monoisotopic (exact) mass is 367 g/mol. The zero-order valence-electron chi connectivity index (χ0n) is 14.5. The summed E-state index contributed by atoms with van der Waals surface area (Å²) in [5, 5.41) is 6.26. The molecule has 2 aliphatic heterocycles. The van der Waals surface area contributed by atoms with Crippen LogP contribution in [0.2, 0.25) is 0 Å². The minimum Gasteiger partial charge on any atom is -0.495 e.